The van der Waals surface area contributed by atoms with Crippen LogP contribution in [0.25, 0.3) is 0 Å². The number of aliphatic hydroxyl groups excluding tert-OH is 1. The maximum absolute atomic E-state index is 11.7. The van der Waals surface area contributed by atoms with Crippen molar-refractivity contribution in [2.75, 3.05) is 53.0 Å². The number of hydrogen-bond acceptors (Lipinski definition) is 5. The normalized spacial score (nSPS) is 27.8. The number of carbonyl (C=O) groups excluding carboxylic acids is 1. The van der Waals surface area contributed by atoms with Gasteiger partial charge in [-0.1, -0.05) is 0 Å². The number of nitrogens with zero attached hydrogens (tertiary/aromatic N) is 2. The van der Waals surface area contributed by atoms with Crippen molar-refractivity contribution in [3.05, 3.63) is 0 Å². The molecule has 2 N–H and O–H groups in total. The standard InChI is InChI=1S/C12H23N3O3/c1-14-3-2-11(12(14)17)13-8-10(16)9-15-4-6-18-7-5-15/h10-11,13,16H,2-9H2,1H3. The summed E-state index contributed by atoms with van der Waals surface area (Å²) in [5, 5.41) is 13.1. The van der Waals surface area contributed by atoms with E-state index in [1.54, 1.807) is 4.90 Å². The molecule has 2 unspecified atom stereocenters. The largest absolute Gasteiger partial charge is 0.390 e. The van der Waals surface area contributed by atoms with Gasteiger partial charge >= 0.3 is 0 Å². The zero-order valence-electron chi connectivity index (χ0n) is 11.0. The third kappa shape index (κ3) is 3.65. The Kier molecular flexibility index (Phi) is 4.94. The molecule has 0 aromatic heterocycles. The molecule has 0 bridgehead atoms. The van der Waals surface area contributed by atoms with Gasteiger partial charge in [0.05, 0.1) is 25.4 Å². The van der Waals surface area contributed by atoms with Crippen LogP contribution in [0.2, 0.25) is 0 Å². The fourth-order valence-electron chi connectivity index (χ4n) is 2.44. The lowest BCUT2D eigenvalue weighted by molar-refractivity contribution is -0.128. The Morgan fingerprint density at radius 3 is 2.78 bits per heavy atom. The van der Waals surface area contributed by atoms with Crippen molar-refractivity contribution in [3.63, 3.8) is 0 Å². The number of carbonyl (C=O) groups is 1. The number of hydrogen-bond donors (Lipinski definition) is 2. The van der Waals surface area contributed by atoms with Crippen molar-refractivity contribution in [1.82, 2.24) is 15.1 Å². The van der Waals surface area contributed by atoms with Crippen LogP contribution in [0, 0.1) is 0 Å². The quantitative estimate of drug-likeness (QED) is 0.627. The van der Waals surface area contributed by atoms with Gasteiger partial charge in [-0.3, -0.25) is 9.69 Å². The molecule has 2 rings (SSSR count). The summed E-state index contributed by atoms with van der Waals surface area (Å²) in [7, 11) is 1.81. The summed E-state index contributed by atoms with van der Waals surface area (Å²) < 4.78 is 5.26. The number of likely N-dealkylation sites (N-methyl/N-ethyl adjacent to an activating group) is 1. The molecule has 2 aliphatic heterocycles. The maximum atomic E-state index is 11.7. The summed E-state index contributed by atoms with van der Waals surface area (Å²) in [5.41, 5.74) is 0. The van der Waals surface area contributed by atoms with Crippen LogP contribution in [0.1, 0.15) is 6.42 Å². The fraction of sp³-hybridized carbons (Fsp3) is 0.917. The van der Waals surface area contributed by atoms with Crippen LogP contribution in [0.3, 0.4) is 0 Å². The predicted octanol–water partition coefficient (Wildman–Crippen LogP) is -1.50. The summed E-state index contributed by atoms with van der Waals surface area (Å²) in [6, 6.07) is -0.116. The van der Waals surface area contributed by atoms with E-state index in [1.807, 2.05) is 7.05 Å². The predicted molar refractivity (Wildman–Crippen MR) is 67.3 cm³/mol. The Balaban J connectivity index is 1.65. The summed E-state index contributed by atoms with van der Waals surface area (Å²) >= 11 is 0. The van der Waals surface area contributed by atoms with Gasteiger partial charge in [-0.25, -0.2) is 0 Å². The van der Waals surface area contributed by atoms with Gasteiger partial charge in [0.2, 0.25) is 5.91 Å². The minimum Gasteiger partial charge on any atom is -0.390 e. The molecule has 2 heterocycles. The van der Waals surface area contributed by atoms with E-state index in [0.717, 1.165) is 39.3 Å². The molecule has 18 heavy (non-hydrogen) atoms. The van der Waals surface area contributed by atoms with Crippen LogP contribution in [-0.4, -0.2) is 85.9 Å². The number of nitrogens with one attached hydrogen (secondary N) is 1. The van der Waals surface area contributed by atoms with Gasteiger partial charge < -0.3 is 20.1 Å². The van der Waals surface area contributed by atoms with Crippen LogP contribution in [0.15, 0.2) is 0 Å². The number of rotatable bonds is 5. The number of likely N-dealkylation sites (tertiary alicyclic amines) is 1. The molecule has 0 aromatic rings. The van der Waals surface area contributed by atoms with Crippen LogP contribution < -0.4 is 5.32 Å². The molecule has 0 saturated carbocycles. The second kappa shape index (κ2) is 6.47. The smallest absolute Gasteiger partial charge is 0.239 e. The van der Waals surface area contributed by atoms with E-state index >= 15 is 0 Å². The van der Waals surface area contributed by atoms with Crippen molar-refractivity contribution < 1.29 is 14.6 Å². The molecule has 6 heteroatoms. The van der Waals surface area contributed by atoms with Crippen molar-refractivity contribution in [3.8, 4) is 0 Å². The SMILES string of the molecule is CN1CCC(NCC(O)CN2CCOCC2)C1=O. The van der Waals surface area contributed by atoms with Crippen molar-refractivity contribution in [2.45, 2.75) is 18.6 Å². The highest BCUT2D eigenvalue weighted by Gasteiger charge is 2.29. The molecule has 0 aliphatic carbocycles. The summed E-state index contributed by atoms with van der Waals surface area (Å²) in [5.74, 6) is 0.133. The van der Waals surface area contributed by atoms with Crippen LogP contribution >= 0.6 is 0 Å². The van der Waals surface area contributed by atoms with E-state index in [0.29, 0.717) is 13.1 Å². The lowest BCUT2D eigenvalue weighted by atomic mass is 10.2. The highest BCUT2D eigenvalue weighted by molar-refractivity contribution is 5.83. The molecule has 6 nitrogen and oxygen atoms in total. The lowest BCUT2D eigenvalue weighted by Gasteiger charge is -2.28. The van der Waals surface area contributed by atoms with E-state index < -0.39 is 6.10 Å². The third-order valence-corrected chi connectivity index (χ3v) is 3.60. The molecule has 2 fully saturated rings. The third-order valence-electron chi connectivity index (χ3n) is 3.60. The fourth-order valence-corrected chi connectivity index (χ4v) is 2.44. The number of morpholine rings is 1. The van der Waals surface area contributed by atoms with Gasteiger partial charge in [-0.15, -0.1) is 0 Å². The highest BCUT2D eigenvalue weighted by Crippen LogP contribution is 2.08. The molecule has 0 radical (unpaired) electrons. The Morgan fingerprint density at radius 2 is 2.17 bits per heavy atom. The Bertz CT molecular complexity index is 282. The number of amides is 1. The second-order valence-corrected chi connectivity index (χ2v) is 5.08. The Hall–Kier alpha value is -0.690. The summed E-state index contributed by atoms with van der Waals surface area (Å²) in [6.45, 7) is 5.16. The van der Waals surface area contributed by atoms with Gasteiger partial charge in [0.15, 0.2) is 0 Å². The number of ether oxygens (including phenoxy) is 1. The monoisotopic (exact) mass is 257 g/mol. The van der Waals surface area contributed by atoms with Gasteiger partial charge in [0.1, 0.15) is 0 Å². The lowest BCUT2D eigenvalue weighted by Crippen LogP contribution is -2.46. The van der Waals surface area contributed by atoms with Gasteiger partial charge in [0, 0.05) is 39.8 Å². The van der Waals surface area contributed by atoms with Crippen molar-refractivity contribution >= 4 is 5.91 Å². The molecule has 0 aromatic carbocycles. The minimum atomic E-state index is -0.429. The summed E-state index contributed by atoms with van der Waals surface area (Å²) in [4.78, 5) is 15.6. The number of β-amino-alcohol motifs (C(OH)–C–C–N with tert-alkyl or cyclic N) is 1. The topological polar surface area (TPSA) is 65.0 Å². The average molecular weight is 257 g/mol. The first kappa shape index (κ1) is 13.7. The van der Waals surface area contributed by atoms with E-state index in [9.17, 15) is 9.90 Å². The van der Waals surface area contributed by atoms with E-state index in [1.165, 1.54) is 0 Å². The maximum Gasteiger partial charge on any atom is 0.239 e. The molecule has 1 amide bonds. The van der Waals surface area contributed by atoms with Crippen molar-refractivity contribution in [2.24, 2.45) is 0 Å². The van der Waals surface area contributed by atoms with E-state index in [2.05, 4.69) is 10.2 Å². The molecule has 2 saturated heterocycles. The molecule has 104 valence electrons. The zero-order valence-corrected chi connectivity index (χ0v) is 11.0. The van der Waals surface area contributed by atoms with Gasteiger partial charge in [-0.2, -0.15) is 0 Å². The zero-order chi connectivity index (χ0) is 13.0. The number of aliphatic hydroxyl groups is 1. The first-order chi connectivity index (χ1) is 8.66. The summed E-state index contributed by atoms with van der Waals surface area (Å²) in [6.07, 6.45) is 0.404. The molecule has 2 aliphatic rings. The van der Waals surface area contributed by atoms with Crippen LogP contribution in [0.5, 0.6) is 0 Å². The first-order valence-electron chi connectivity index (χ1n) is 6.63. The van der Waals surface area contributed by atoms with Gasteiger partial charge in [-0.05, 0) is 6.42 Å². The van der Waals surface area contributed by atoms with E-state index in [-0.39, 0.29) is 11.9 Å². The Labute approximate surface area is 108 Å². The second-order valence-electron chi connectivity index (χ2n) is 5.08. The highest BCUT2D eigenvalue weighted by atomic mass is 16.5. The van der Waals surface area contributed by atoms with Gasteiger partial charge in [0.25, 0.3) is 0 Å². The Morgan fingerprint density at radius 1 is 1.44 bits per heavy atom. The van der Waals surface area contributed by atoms with Crippen molar-refractivity contribution in [1.29, 1.82) is 0 Å². The molecule has 2 atom stereocenters. The first-order valence-corrected chi connectivity index (χ1v) is 6.63. The van der Waals surface area contributed by atoms with Crippen LogP contribution in [-0.2, 0) is 9.53 Å². The molecular weight excluding hydrogens is 234 g/mol. The molecular formula is C12H23N3O3. The molecule has 0 spiro atoms. The average Bonchev–Trinajstić information content (AvgIpc) is 2.69. The van der Waals surface area contributed by atoms with Crippen LogP contribution in [0.4, 0.5) is 0 Å². The van der Waals surface area contributed by atoms with E-state index in [4.69, 9.17) is 4.74 Å². The minimum absolute atomic E-state index is 0.116.